The third kappa shape index (κ3) is 3.55. The van der Waals surface area contributed by atoms with Gasteiger partial charge in [0.05, 0.1) is 18.6 Å². The minimum absolute atomic E-state index is 0.129. The number of carbonyl (C=O) groups is 1. The zero-order valence-corrected chi connectivity index (χ0v) is 11.0. The van der Waals surface area contributed by atoms with Crippen LogP contribution in [0.15, 0.2) is 24.3 Å². The molecule has 0 saturated heterocycles. The smallest absolute Gasteiger partial charge is 0.309 e. The first-order valence-electron chi connectivity index (χ1n) is 5.96. The Morgan fingerprint density at radius 3 is 2.22 bits per heavy atom. The summed E-state index contributed by atoms with van der Waals surface area (Å²) >= 11 is 0. The fourth-order valence-corrected chi connectivity index (χ4v) is 1.97. The van der Waals surface area contributed by atoms with Gasteiger partial charge in [-0.05, 0) is 17.0 Å². The summed E-state index contributed by atoms with van der Waals surface area (Å²) in [6, 6.07) is 7.16. The largest absolute Gasteiger partial charge is 0.481 e. The first-order valence-corrected chi connectivity index (χ1v) is 5.96. The molecule has 0 aliphatic carbocycles. The number of rotatable bonds is 6. The second kappa shape index (κ2) is 6.52. The molecule has 0 fully saturated rings. The second-order valence-corrected chi connectivity index (χ2v) is 4.73. The first kappa shape index (κ1) is 14.7. The van der Waals surface area contributed by atoms with E-state index in [1.165, 1.54) is 0 Å². The average molecular weight is 252 g/mol. The molecule has 0 heterocycles. The highest BCUT2D eigenvalue weighted by atomic mass is 16.5. The van der Waals surface area contributed by atoms with Crippen molar-refractivity contribution in [2.24, 2.45) is 11.8 Å². The van der Waals surface area contributed by atoms with Crippen LogP contribution in [-0.2, 0) is 16.1 Å². The molecule has 0 aliphatic rings. The SMILES string of the molecule is COCc1ccc(C(O)C(C(=O)O)C(C)C)cc1. The van der Waals surface area contributed by atoms with Crippen molar-refractivity contribution in [3.63, 3.8) is 0 Å². The number of hydrogen-bond acceptors (Lipinski definition) is 3. The van der Waals surface area contributed by atoms with Gasteiger partial charge in [-0.25, -0.2) is 0 Å². The Balaban J connectivity index is 2.88. The monoisotopic (exact) mass is 252 g/mol. The molecule has 0 spiro atoms. The number of ether oxygens (including phenoxy) is 1. The lowest BCUT2D eigenvalue weighted by atomic mass is 9.86. The van der Waals surface area contributed by atoms with Gasteiger partial charge in [0, 0.05) is 7.11 Å². The molecule has 0 aliphatic heterocycles. The van der Waals surface area contributed by atoms with Crippen LogP contribution < -0.4 is 0 Å². The molecule has 2 unspecified atom stereocenters. The van der Waals surface area contributed by atoms with E-state index in [2.05, 4.69) is 0 Å². The Labute approximate surface area is 107 Å². The van der Waals surface area contributed by atoms with Gasteiger partial charge in [-0.15, -0.1) is 0 Å². The van der Waals surface area contributed by atoms with Gasteiger partial charge in [0.2, 0.25) is 0 Å². The zero-order chi connectivity index (χ0) is 13.7. The molecule has 0 aromatic heterocycles. The van der Waals surface area contributed by atoms with E-state index in [9.17, 15) is 9.90 Å². The van der Waals surface area contributed by atoms with Crippen LogP contribution >= 0.6 is 0 Å². The average Bonchev–Trinajstić information content (AvgIpc) is 2.29. The number of methoxy groups -OCH3 is 1. The van der Waals surface area contributed by atoms with Crippen molar-refractivity contribution in [1.29, 1.82) is 0 Å². The van der Waals surface area contributed by atoms with Crippen LogP contribution in [0.3, 0.4) is 0 Å². The molecule has 1 rings (SSSR count). The molecule has 100 valence electrons. The Hall–Kier alpha value is -1.39. The summed E-state index contributed by atoms with van der Waals surface area (Å²) in [4.78, 5) is 11.1. The summed E-state index contributed by atoms with van der Waals surface area (Å²) in [6.07, 6.45) is -0.987. The van der Waals surface area contributed by atoms with E-state index in [0.29, 0.717) is 12.2 Å². The van der Waals surface area contributed by atoms with Gasteiger partial charge in [-0.2, -0.15) is 0 Å². The molecule has 4 nitrogen and oxygen atoms in total. The van der Waals surface area contributed by atoms with E-state index in [-0.39, 0.29) is 5.92 Å². The molecular formula is C14H20O4. The quantitative estimate of drug-likeness (QED) is 0.814. The normalized spacial score (nSPS) is 14.5. The summed E-state index contributed by atoms with van der Waals surface area (Å²) in [7, 11) is 1.61. The standard InChI is InChI=1S/C14H20O4/c1-9(2)12(14(16)17)13(15)11-6-4-10(5-7-11)8-18-3/h4-7,9,12-13,15H,8H2,1-3H3,(H,16,17). The van der Waals surface area contributed by atoms with Crippen LogP contribution in [0.25, 0.3) is 0 Å². The predicted molar refractivity (Wildman–Crippen MR) is 68.1 cm³/mol. The predicted octanol–water partition coefficient (Wildman–Crippen LogP) is 2.22. The zero-order valence-electron chi connectivity index (χ0n) is 11.0. The van der Waals surface area contributed by atoms with Gasteiger partial charge in [-0.1, -0.05) is 38.1 Å². The van der Waals surface area contributed by atoms with E-state index in [0.717, 1.165) is 5.56 Å². The molecule has 18 heavy (non-hydrogen) atoms. The van der Waals surface area contributed by atoms with Crippen molar-refractivity contribution >= 4 is 5.97 Å². The molecule has 0 saturated carbocycles. The van der Waals surface area contributed by atoms with Crippen molar-refractivity contribution in [2.75, 3.05) is 7.11 Å². The topological polar surface area (TPSA) is 66.8 Å². The molecule has 0 radical (unpaired) electrons. The summed E-state index contributed by atoms with van der Waals surface area (Å²) in [6.45, 7) is 4.09. The van der Waals surface area contributed by atoms with Gasteiger partial charge in [0.1, 0.15) is 0 Å². The van der Waals surface area contributed by atoms with Gasteiger partial charge < -0.3 is 14.9 Å². The molecule has 0 amide bonds. The maximum absolute atomic E-state index is 11.1. The Morgan fingerprint density at radius 1 is 1.28 bits per heavy atom. The Kier molecular flexibility index (Phi) is 5.31. The molecule has 1 aromatic carbocycles. The van der Waals surface area contributed by atoms with E-state index >= 15 is 0 Å². The fraction of sp³-hybridized carbons (Fsp3) is 0.500. The van der Waals surface area contributed by atoms with Crippen molar-refractivity contribution < 1.29 is 19.7 Å². The van der Waals surface area contributed by atoms with Crippen LogP contribution in [0.1, 0.15) is 31.1 Å². The van der Waals surface area contributed by atoms with Gasteiger partial charge in [0.25, 0.3) is 0 Å². The van der Waals surface area contributed by atoms with Gasteiger partial charge in [0.15, 0.2) is 0 Å². The Bertz CT molecular complexity index is 383. The minimum Gasteiger partial charge on any atom is -0.481 e. The molecule has 1 aromatic rings. The van der Waals surface area contributed by atoms with Crippen LogP contribution in [0.4, 0.5) is 0 Å². The summed E-state index contributed by atoms with van der Waals surface area (Å²) < 4.78 is 5.00. The molecular weight excluding hydrogens is 232 g/mol. The lowest BCUT2D eigenvalue weighted by Gasteiger charge is -2.22. The summed E-state index contributed by atoms with van der Waals surface area (Å²) in [5.74, 6) is -1.90. The van der Waals surface area contributed by atoms with E-state index in [4.69, 9.17) is 9.84 Å². The van der Waals surface area contributed by atoms with Gasteiger partial charge in [-0.3, -0.25) is 4.79 Å². The summed E-state index contributed by atoms with van der Waals surface area (Å²) in [5, 5.41) is 19.3. The van der Waals surface area contributed by atoms with Crippen LogP contribution in [0.5, 0.6) is 0 Å². The minimum atomic E-state index is -0.987. The highest BCUT2D eigenvalue weighted by Crippen LogP contribution is 2.28. The molecule has 2 N–H and O–H groups in total. The van der Waals surface area contributed by atoms with Crippen molar-refractivity contribution in [1.82, 2.24) is 0 Å². The number of aliphatic carboxylic acids is 1. The molecule has 0 bridgehead atoms. The number of carboxylic acid groups (broad SMARTS) is 1. The number of aliphatic hydroxyl groups excluding tert-OH is 1. The van der Waals surface area contributed by atoms with Crippen molar-refractivity contribution in [3.8, 4) is 0 Å². The summed E-state index contributed by atoms with van der Waals surface area (Å²) in [5.41, 5.74) is 1.61. The highest BCUT2D eigenvalue weighted by Gasteiger charge is 2.30. The van der Waals surface area contributed by atoms with Gasteiger partial charge >= 0.3 is 5.97 Å². The number of carboxylic acids is 1. The van der Waals surface area contributed by atoms with E-state index in [1.807, 2.05) is 12.1 Å². The van der Waals surface area contributed by atoms with Crippen LogP contribution in [0, 0.1) is 11.8 Å². The third-order valence-corrected chi connectivity index (χ3v) is 2.98. The second-order valence-electron chi connectivity index (χ2n) is 4.73. The van der Waals surface area contributed by atoms with E-state index < -0.39 is 18.0 Å². The third-order valence-electron chi connectivity index (χ3n) is 2.98. The highest BCUT2D eigenvalue weighted by molar-refractivity contribution is 5.71. The lowest BCUT2D eigenvalue weighted by molar-refractivity contribution is -0.148. The first-order chi connectivity index (χ1) is 8.47. The molecule has 4 heteroatoms. The number of aliphatic hydroxyl groups is 1. The Morgan fingerprint density at radius 2 is 1.83 bits per heavy atom. The maximum atomic E-state index is 11.1. The maximum Gasteiger partial charge on any atom is 0.309 e. The fourth-order valence-electron chi connectivity index (χ4n) is 1.97. The van der Waals surface area contributed by atoms with Crippen molar-refractivity contribution in [2.45, 2.75) is 26.6 Å². The van der Waals surface area contributed by atoms with Crippen LogP contribution in [-0.4, -0.2) is 23.3 Å². The number of benzene rings is 1. The molecule has 2 atom stereocenters. The van der Waals surface area contributed by atoms with Crippen LogP contribution in [0.2, 0.25) is 0 Å². The lowest BCUT2D eigenvalue weighted by Crippen LogP contribution is -2.26. The van der Waals surface area contributed by atoms with Crippen molar-refractivity contribution in [3.05, 3.63) is 35.4 Å². The van der Waals surface area contributed by atoms with E-state index in [1.54, 1.807) is 33.1 Å². The number of hydrogen-bond donors (Lipinski definition) is 2.